The van der Waals surface area contributed by atoms with Crippen LogP contribution in [0.4, 0.5) is 0 Å². The van der Waals surface area contributed by atoms with Crippen molar-refractivity contribution in [1.82, 2.24) is 0 Å². The van der Waals surface area contributed by atoms with Gasteiger partial charge in [-0.15, -0.1) is 0 Å². The van der Waals surface area contributed by atoms with Gasteiger partial charge in [-0.25, -0.2) is 4.79 Å². The second kappa shape index (κ2) is 7.18. The van der Waals surface area contributed by atoms with Crippen LogP contribution in [0.2, 0.25) is 0 Å². The Morgan fingerprint density at radius 2 is 1.80 bits per heavy atom. The maximum atomic E-state index is 11.1. The SMILES string of the molecule is CCOc1ccc(OCC)c(C(O)=CC(=O)C(=O)O)c1. The lowest BCUT2D eigenvalue weighted by atomic mass is 10.1. The molecule has 0 radical (unpaired) electrons. The monoisotopic (exact) mass is 280 g/mol. The second-order valence-electron chi connectivity index (χ2n) is 3.72. The van der Waals surface area contributed by atoms with Gasteiger partial charge in [-0.05, 0) is 32.0 Å². The molecule has 0 spiro atoms. The molecule has 20 heavy (non-hydrogen) atoms. The van der Waals surface area contributed by atoms with Crippen LogP contribution in [-0.2, 0) is 9.59 Å². The molecular formula is C14H16O6. The molecule has 0 unspecified atom stereocenters. The number of carboxylic acids is 1. The van der Waals surface area contributed by atoms with Gasteiger partial charge < -0.3 is 19.7 Å². The van der Waals surface area contributed by atoms with E-state index in [4.69, 9.17) is 14.6 Å². The molecule has 0 aliphatic carbocycles. The fourth-order valence-corrected chi connectivity index (χ4v) is 1.51. The number of carbonyl (C=O) groups excluding carboxylic acids is 1. The van der Waals surface area contributed by atoms with Gasteiger partial charge in [0.2, 0.25) is 0 Å². The van der Waals surface area contributed by atoms with Crippen LogP contribution >= 0.6 is 0 Å². The maximum Gasteiger partial charge on any atom is 0.376 e. The summed E-state index contributed by atoms with van der Waals surface area (Å²) in [4.78, 5) is 21.6. The Balaban J connectivity index is 3.20. The van der Waals surface area contributed by atoms with Crippen molar-refractivity contribution < 1.29 is 29.3 Å². The highest BCUT2D eigenvalue weighted by Gasteiger charge is 2.14. The Morgan fingerprint density at radius 3 is 2.35 bits per heavy atom. The van der Waals surface area contributed by atoms with Crippen LogP contribution in [0.15, 0.2) is 24.3 Å². The van der Waals surface area contributed by atoms with Crippen molar-refractivity contribution >= 4 is 17.5 Å². The van der Waals surface area contributed by atoms with Crippen LogP contribution in [0.3, 0.4) is 0 Å². The molecule has 0 saturated carbocycles. The van der Waals surface area contributed by atoms with E-state index in [2.05, 4.69) is 0 Å². The highest BCUT2D eigenvalue weighted by molar-refractivity contribution is 6.38. The number of benzene rings is 1. The normalized spacial score (nSPS) is 11.0. The Hall–Kier alpha value is -2.50. The van der Waals surface area contributed by atoms with E-state index in [1.165, 1.54) is 6.07 Å². The Kier molecular flexibility index (Phi) is 5.58. The lowest BCUT2D eigenvalue weighted by molar-refractivity contribution is -0.146. The zero-order valence-electron chi connectivity index (χ0n) is 11.3. The van der Waals surface area contributed by atoms with Crippen molar-refractivity contribution in [2.75, 3.05) is 13.2 Å². The standard InChI is InChI=1S/C14H16O6/c1-3-19-9-5-6-13(20-4-2)10(7-9)11(15)8-12(16)14(17)18/h5-8,15H,3-4H2,1-2H3,(H,17,18). The second-order valence-corrected chi connectivity index (χ2v) is 3.72. The fourth-order valence-electron chi connectivity index (χ4n) is 1.51. The summed E-state index contributed by atoms with van der Waals surface area (Å²) in [6.07, 6.45) is 0.635. The van der Waals surface area contributed by atoms with Crippen LogP contribution in [0.5, 0.6) is 11.5 Å². The van der Waals surface area contributed by atoms with Gasteiger partial charge in [-0.1, -0.05) is 0 Å². The molecule has 0 atom stereocenters. The van der Waals surface area contributed by atoms with Gasteiger partial charge in [0.15, 0.2) is 0 Å². The summed E-state index contributed by atoms with van der Waals surface area (Å²) in [5.41, 5.74) is 0.201. The maximum absolute atomic E-state index is 11.1. The number of aliphatic hydroxyl groups is 1. The van der Waals surface area contributed by atoms with Gasteiger partial charge in [0.05, 0.1) is 18.8 Å². The number of ether oxygens (including phenoxy) is 2. The van der Waals surface area contributed by atoms with Gasteiger partial charge in [-0.2, -0.15) is 0 Å². The third-order valence-electron chi connectivity index (χ3n) is 2.32. The molecule has 0 aliphatic rings. The largest absolute Gasteiger partial charge is 0.507 e. The van der Waals surface area contributed by atoms with Crippen molar-refractivity contribution in [3.8, 4) is 11.5 Å². The predicted molar refractivity (Wildman–Crippen MR) is 72.0 cm³/mol. The molecule has 0 aliphatic heterocycles. The van der Waals surface area contributed by atoms with E-state index in [0.717, 1.165) is 0 Å². The van der Waals surface area contributed by atoms with Gasteiger partial charge >= 0.3 is 5.97 Å². The van der Waals surface area contributed by atoms with Crippen LogP contribution in [-0.4, -0.2) is 35.2 Å². The van der Waals surface area contributed by atoms with E-state index in [1.54, 1.807) is 26.0 Å². The fraction of sp³-hybridized carbons (Fsp3) is 0.286. The number of aliphatic carboxylic acids is 1. The lowest BCUT2D eigenvalue weighted by Crippen LogP contribution is -2.10. The first-order valence-electron chi connectivity index (χ1n) is 6.07. The number of hydrogen-bond donors (Lipinski definition) is 2. The molecular weight excluding hydrogens is 264 g/mol. The van der Waals surface area contributed by atoms with Crippen molar-refractivity contribution in [2.45, 2.75) is 13.8 Å². The van der Waals surface area contributed by atoms with Crippen LogP contribution < -0.4 is 9.47 Å². The average Bonchev–Trinajstić information content (AvgIpc) is 2.40. The van der Waals surface area contributed by atoms with E-state index in [1.807, 2.05) is 0 Å². The summed E-state index contributed by atoms with van der Waals surface area (Å²) in [5.74, 6) is -2.53. The summed E-state index contributed by atoms with van der Waals surface area (Å²) >= 11 is 0. The lowest BCUT2D eigenvalue weighted by Gasteiger charge is -2.11. The molecule has 1 aromatic rings. The van der Waals surface area contributed by atoms with E-state index in [0.29, 0.717) is 30.8 Å². The molecule has 1 aromatic carbocycles. The molecule has 6 nitrogen and oxygen atoms in total. The first kappa shape index (κ1) is 15.6. The van der Waals surface area contributed by atoms with Gasteiger partial charge in [-0.3, -0.25) is 4.79 Å². The summed E-state index contributed by atoms with van der Waals surface area (Å²) in [5, 5.41) is 18.4. The quantitative estimate of drug-likeness (QED) is 0.451. The average molecular weight is 280 g/mol. The van der Waals surface area contributed by atoms with E-state index in [9.17, 15) is 14.7 Å². The first-order valence-corrected chi connectivity index (χ1v) is 6.07. The molecule has 0 aromatic heterocycles. The van der Waals surface area contributed by atoms with Crippen LogP contribution in [0.25, 0.3) is 5.76 Å². The van der Waals surface area contributed by atoms with Gasteiger partial charge in [0.1, 0.15) is 17.3 Å². The molecule has 2 N–H and O–H groups in total. The molecule has 0 fully saturated rings. The molecule has 0 saturated heterocycles. The molecule has 1 rings (SSSR count). The van der Waals surface area contributed by atoms with E-state index in [-0.39, 0.29) is 5.56 Å². The smallest absolute Gasteiger partial charge is 0.376 e. The molecule has 0 bridgehead atoms. The summed E-state index contributed by atoms with van der Waals surface area (Å²) in [6, 6.07) is 4.72. The highest BCUT2D eigenvalue weighted by atomic mass is 16.5. The first-order chi connectivity index (χ1) is 9.49. The van der Waals surface area contributed by atoms with Crippen molar-refractivity contribution in [1.29, 1.82) is 0 Å². The third kappa shape index (κ3) is 4.01. The van der Waals surface area contributed by atoms with Gasteiger partial charge in [0.25, 0.3) is 5.78 Å². The van der Waals surface area contributed by atoms with E-state index >= 15 is 0 Å². The molecule has 0 heterocycles. The summed E-state index contributed by atoms with van der Waals surface area (Å²) in [7, 11) is 0. The van der Waals surface area contributed by atoms with Gasteiger partial charge in [0, 0.05) is 6.08 Å². The zero-order chi connectivity index (χ0) is 15.1. The van der Waals surface area contributed by atoms with Crippen molar-refractivity contribution in [3.63, 3.8) is 0 Å². The third-order valence-corrected chi connectivity index (χ3v) is 2.32. The summed E-state index contributed by atoms with van der Waals surface area (Å²) < 4.78 is 10.6. The Morgan fingerprint density at radius 1 is 1.15 bits per heavy atom. The number of carboxylic acid groups (broad SMARTS) is 1. The number of carbonyl (C=O) groups is 2. The minimum Gasteiger partial charge on any atom is -0.507 e. The molecule has 108 valence electrons. The molecule has 6 heteroatoms. The van der Waals surface area contributed by atoms with Crippen molar-refractivity contribution in [2.24, 2.45) is 0 Å². The Bertz CT molecular complexity index is 532. The Labute approximate surface area is 116 Å². The minimum absolute atomic E-state index is 0.201. The predicted octanol–water partition coefficient (Wildman–Crippen LogP) is 2.04. The topological polar surface area (TPSA) is 93.1 Å². The number of aliphatic hydroxyl groups excluding tert-OH is 1. The number of ketones is 1. The number of hydrogen-bond acceptors (Lipinski definition) is 5. The minimum atomic E-state index is -1.64. The van der Waals surface area contributed by atoms with E-state index < -0.39 is 17.5 Å². The highest BCUT2D eigenvalue weighted by Crippen LogP contribution is 2.29. The molecule has 0 amide bonds. The van der Waals surface area contributed by atoms with Crippen LogP contribution in [0, 0.1) is 0 Å². The van der Waals surface area contributed by atoms with Crippen LogP contribution in [0.1, 0.15) is 19.4 Å². The summed E-state index contributed by atoms with van der Waals surface area (Å²) in [6.45, 7) is 4.37. The van der Waals surface area contributed by atoms with Crippen molar-refractivity contribution in [3.05, 3.63) is 29.8 Å². The number of rotatable bonds is 7. The zero-order valence-corrected chi connectivity index (χ0v) is 11.3.